The van der Waals surface area contributed by atoms with Crippen molar-refractivity contribution in [3.63, 3.8) is 0 Å². The van der Waals surface area contributed by atoms with Crippen molar-refractivity contribution in [3.05, 3.63) is 35.9 Å². The Morgan fingerprint density at radius 3 is 2.44 bits per heavy atom. The van der Waals surface area contributed by atoms with Crippen molar-refractivity contribution in [3.8, 4) is 0 Å². The maximum atomic E-state index is 12.1. The lowest BCUT2D eigenvalue weighted by atomic mass is 9.96. The maximum Gasteiger partial charge on any atom is 0.236 e. The summed E-state index contributed by atoms with van der Waals surface area (Å²) in [5.41, 5.74) is 1.44. The van der Waals surface area contributed by atoms with Crippen LogP contribution in [0.5, 0.6) is 0 Å². The molecule has 3 heteroatoms. The highest BCUT2D eigenvalue weighted by molar-refractivity contribution is 6.14. The molecular formula is C13H16N2O. The molecule has 1 heterocycles. The van der Waals surface area contributed by atoms with Crippen LogP contribution in [-0.2, 0) is 4.79 Å². The lowest BCUT2D eigenvalue weighted by Gasteiger charge is -2.20. The lowest BCUT2D eigenvalue weighted by Crippen LogP contribution is -2.33. The maximum absolute atomic E-state index is 12.1. The summed E-state index contributed by atoms with van der Waals surface area (Å²) in [7, 11) is 0. The third kappa shape index (κ3) is 1.73. The predicted molar refractivity (Wildman–Crippen MR) is 63.8 cm³/mol. The number of hydrogen-bond donors (Lipinski definition) is 1. The van der Waals surface area contributed by atoms with Crippen LogP contribution in [0.4, 0.5) is 0 Å². The van der Waals surface area contributed by atoms with Crippen LogP contribution in [0.25, 0.3) is 0 Å². The summed E-state index contributed by atoms with van der Waals surface area (Å²) in [5, 5.41) is 7.94. The summed E-state index contributed by atoms with van der Waals surface area (Å²) in [6.07, 6.45) is 0. The van der Waals surface area contributed by atoms with Crippen molar-refractivity contribution in [1.29, 1.82) is 5.41 Å². The molecule has 0 radical (unpaired) electrons. The summed E-state index contributed by atoms with van der Waals surface area (Å²) in [6, 6.07) is 9.75. The highest BCUT2D eigenvalue weighted by Gasteiger charge is 2.38. The van der Waals surface area contributed by atoms with Gasteiger partial charge in [0.1, 0.15) is 5.92 Å². The van der Waals surface area contributed by atoms with E-state index in [9.17, 15) is 4.79 Å². The first kappa shape index (κ1) is 10.9. The van der Waals surface area contributed by atoms with Gasteiger partial charge in [-0.1, -0.05) is 30.3 Å². The summed E-state index contributed by atoms with van der Waals surface area (Å²) in [5.74, 6) is -0.296. The second-order valence-electron chi connectivity index (χ2n) is 4.43. The minimum Gasteiger partial charge on any atom is -0.334 e. The molecule has 1 atom stereocenters. The van der Waals surface area contributed by atoms with E-state index in [4.69, 9.17) is 5.41 Å². The van der Waals surface area contributed by atoms with E-state index in [-0.39, 0.29) is 17.9 Å². The molecule has 1 aliphatic rings. The monoisotopic (exact) mass is 216 g/mol. The van der Waals surface area contributed by atoms with Gasteiger partial charge >= 0.3 is 0 Å². The lowest BCUT2D eigenvalue weighted by molar-refractivity contribution is -0.130. The SMILES string of the molecule is CC(C)N1CC(=N)C(c2ccccc2)C1=O. The van der Waals surface area contributed by atoms with Gasteiger partial charge in [0.05, 0.1) is 6.54 Å². The largest absolute Gasteiger partial charge is 0.334 e. The Bertz CT molecular complexity index is 411. The zero-order chi connectivity index (χ0) is 11.7. The molecule has 3 nitrogen and oxygen atoms in total. The van der Waals surface area contributed by atoms with Gasteiger partial charge < -0.3 is 10.3 Å². The van der Waals surface area contributed by atoms with Crippen molar-refractivity contribution in [1.82, 2.24) is 4.90 Å². The molecule has 1 aromatic rings. The number of amides is 1. The summed E-state index contributed by atoms with van der Waals surface area (Å²) in [4.78, 5) is 13.9. The number of carbonyl (C=O) groups excluding carboxylic acids is 1. The number of carbonyl (C=O) groups is 1. The second-order valence-corrected chi connectivity index (χ2v) is 4.43. The van der Waals surface area contributed by atoms with E-state index in [0.717, 1.165) is 5.56 Å². The molecule has 1 unspecified atom stereocenters. The Kier molecular flexibility index (Phi) is 2.77. The summed E-state index contributed by atoms with van der Waals surface area (Å²) in [6.45, 7) is 4.44. The van der Waals surface area contributed by atoms with Crippen molar-refractivity contribution >= 4 is 11.6 Å². The highest BCUT2D eigenvalue weighted by Crippen LogP contribution is 2.27. The molecule has 2 rings (SSSR count). The fraction of sp³-hybridized carbons (Fsp3) is 0.385. The number of benzene rings is 1. The Morgan fingerprint density at radius 2 is 1.94 bits per heavy atom. The molecule has 1 N–H and O–H groups in total. The van der Waals surface area contributed by atoms with Crippen molar-refractivity contribution in [2.24, 2.45) is 0 Å². The van der Waals surface area contributed by atoms with E-state index >= 15 is 0 Å². The van der Waals surface area contributed by atoms with Gasteiger partial charge in [0.25, 0.3) is 0 Å². The average molecular weight is 216 g/mol. The van der Waals surface area contributed by atoms with Gasteiger partial charge in [-0.05, 0) is 19.4 Å². The molecule has 1 aromatic carbocycles. The number of likely N-dealkylation sites (tertiary alicyclic amines) is 1. The van der Waals surface area contributed by atoms with Gasteiger partial charge in [-0.25, -0.2) is 0 Å². The molecule has 84 valence electrons. The van der Waals surface area contributed by atoms with Crippen LogP contribution >= 0.6 is 0 Å². The van der Waals surface area contributed by atoms with Crippen LogP contribution in [0.1, 0.15) is 25.3 Å². The number of hydrogen-bond acceptors (Lipinski definition) is 2. The van der Waals surface area contributed by atoms with E-state index < -0.39 is 0 Å². The predicted octanol–water partition coefficient (Wildman–Crippen LogP) is 2.04. The smallest absolute Gasteiger partial charge is 0.236 e. The average Bonchev–Trinajstić information content (AvgIpc) is 2.56. The summed E-state index contributed by atoms with van der Waals surface area (Å²) < 4.78 is 0. The van der Waals surface area contributed by atoms with Crippen LogP contribution in [0, 0.1) is 5.41 Å². The molecule has 0 aromatic heterocycles. The number of nitrogens with one attached hydrogen (secondary N) is 1. The molecule has 1 aliphatic heterocycles. The molecule has 0 bridgehead atoms. The van der Waals surface area contributed by atoms with E-state index in [2.05, 4.69) is 0 Å². The van der Waals surface area contributed by atoms with Gasteiger partial charge in [-0.2, -0.15) is 0 Å². The standard InChI is InChI=1S/C13H16N2O/c1-9(2)15-8-11(14)12(13(15)16)10-6-4-3-5-7-10/h3-7,9,12,14H,8H2,1-2H3. The van der Waals surface area contributed by atoms with Crippen molar-refractivity contribution in [2.45, 2.75) is 25.8 Å². The number of nitrogens with zero attached hydrogens (tertiary/aromatic N) is 1. The number of rotatable bonds is 2. The fourth-order valence-corrected chi connectivity index (χ4v) is 2.09. The van der Waals surface area contributed by atoms with Gasteiger partial charge in [0, 0.05) is 11.8 Å². The van der Waals surface area contributed by atoms with Gasteiger partial charge in [0.15, 0.2) is 0 Å². The minimum absolute atomic E-state index is 0.0613. The Balaban J connectivity index is 2.30. The second kappa shape index (κ2) is 4.08. The van der Waals surface area contributed by atoms with E-state index in [1.807, 2.05) is 44.2 Å². The molecule has 1 saturated heterocycles. The first-order valence-corrected chi connectivity index (χ1v) is 5.54. The molecule has 1 amide bonds. The first-order valence-electron chi connectivity index (χ1n) is 5.54. The topological polar surface area (TPSA) is 44.2 Å². The molecule has 0 spiro atoms. The van der Waals surface area contributed by atoms with Crippen molar-refractivity contribution < 1.29 is 4.79 Å². The quantitative estimate of drug-likeness (QED) is 0.807. The molecule has 1 fully saturated rings. The van der Waals surface area contributed by atoms with Crippen LogP contribution in [0.15, 0.2) is 30.3 Å². The molecule has 16 heavy (non-hydrogen) atoms. The molecule has 0 aliphatic carbocycles. The Hall–Kier alpha value is -1.64. The van der Waals surface area contributed by atoms with Crippen LogP contribution in [0.2, 0.25) is 0 Å². The van der Waals surface area contributed by atoms with Gasteiger partial charge in [-0.3, -0.25) is 4.79 Å². The van der Waals surface area contributed by atoms with E-state index in [1.54, 1.807) is 4.90 Å². The summed E-state index contributed by atoms with van der Waals surface area (Å²) >= 11 is 0. The molecular weight excluding hydrogens is 200 g/mol. The van der Waals surface area contributed by atoms with Gasteiger partial charge in [0.2, 0.25) is 5.91 Å². The first-order chi connectivity index (χ1) is 7.61. The van der Waals surface area contributed by atoms with Crippen LogP contribution in [-0.4, -0.2) is 29.1 Å². The van der Waals surface area contributed by atoms with Crippen molar-refractivity contribution in [2.75, 3.05) is 6.54 Å². The van der Waals surface area contributed by atoms with E-state index in [0.29, 0.717) is 12.3 Å². The minimum atomic E-state index is -0.358. The third-order valence-corrected chi connectivity index (χ3v) is 2.98. The highest BCUT2D eigenvalue weighted by atomic mass is 16.2. The Labute approximate surface area is 95.6 Å². The fourth-order valence-electron chi connectivity index (χ4n) is 2.09. The normalized spacial score (nSPS) is 20.9. The zero-order valence-electron chi connectivity index (χ0n) is 9.60. The van der Waals surface area contributed by atoms with Crippen LogP contribution in [0.3, 0.4) is 0 Å². The zero-order valence-corrected chi connectivity index (χ0v) is 9.60. The van der Waals surface area contributed by atoms with Gasteiger partial charge in [-0.15, -0.1) is 0 Å². The van der Waals surface area contributed by atoms with Crippen LogP contribution < -0.4 is 0 Å². The Morgan fingerprint density at radius 1 is 1.31 bits per heavy atom. The van der Waals surface area contributed by atoms with E-state index in [1.165, 1.54) is 0 Å². The third-order valence-electron chi connectivity index (χ3n) is 2.98. The molecule has 0 saturated carbocycles.